The summed E-state index contributed by atoms with van der Waals surface area (Å²) in [6, 6.07) is 15.9. The number of nitro benzene ring substituents is 1. The lowest BCUT2D eigenvalue weighted by molar-refractivity contribution is -0.384. The van der Waals surface area contributed by atoms with Crippen LogP contribution in [0.2, 0.25) is 5.02 Å². The van der Waals surface area contributed by atoms with Crippen molar-refractivity contribution in [1.29, 1.82) is 0 Å². The van der Waals surface area contributed by atoms with Gasteiger partial charge in [0.2, 0.25) is 0 Å². The number of amides is 1. The largest absolute Gasteiger partial charge is 0.495 e. The smallest absolute Gasteiger partial charge is 0.271 e. The van der Waals surface area contributed by atoms with Gasteiger partial charge in [-0.2, -0.15) is 0 Å². The van der Waals surface area contributed by atoms with Crippen molar-refractivity contribution >= 4 is 38.9 Å². The number of non-ortho nitro benzene ring substituents is 1. The maximum atomic E-state index is 12.9. The van der Waals surface area contributed by atoms with Crippen molar-refractivity contribution in [3.8, 4) is 5.75 Å². The fraction of sp³-hybridized carbons (Fsp3) is 0.0952. The third-order valence-electron chi connectivity index (χ3n) is 4.39. The lowest BCUT2D eigenvalue weighted by Gasteiger charge is -2.12. The summed E-state index contributed by atoms with van der Waals surface area (Å²) in [5.41, 5.74) is 0.505. The number of rotatable bonds is 8. The molecule has 0 aliphatic heterocycles. The van der Waals surface area contributed by atoms with Crippen molar-refractivity contribution < 1.29 is 22.9 Å². The van der Waals surface area contributed by atoms with Gasteiger partial charge in [-0.15, -0.1) is 0 Å². The molecule has 0 aromatic heterocycles. The molecular weight excluding hydrogens is 458 g/mol. The first kappa shape index (κ1) is 23.0. The summed E-state index contributed by atoms with van der Waals surface area (Å²) in [6.45, 7) is 0.208. The van der Waals surface area contributed by atoms with Crippen LogP contribution >= 0.6 is 11.6 Å². The van der Waals surface area contributed by atoms with Crippen LogP contribution < -0.4 is 14.8 Å². The van der Waals surface area contributed by atoms with E-state index in [4.69, 9.17) is 16.3 Å². The number of carbonyl (C=O) groups excluding carboxylic acids is 1. The molecule has 32 heavy (non-hydrogen) atoms. The Labute approximate surface area is 189 Å². The molecule has 0 fully saturated rings. The molecule has 166 valence electrons. The number of nitro groups is 1. The lowest BCUT2D eigenvalue weighted by atomic mass is 10.2. The predicted octanol–water partition coefficient (Wildman–Crippen LogP) is 3.99. The molecule has 0 heterocycles. The zero-order valence-electron chi connectivity index (χ0n) is 16.7. The van der Waals surface area contributed by atoms with Crippen molar-refractivity contribution in [2.24, 2.45) is 0 Å². The molecule has 0 spiro atoms. The van der Waals surface area contributed by atoms with E-state index >= 15 is 0 Å². The first-order chi connectivity index (χ1) is 15.2. The van der Waals surface area contributed by atoms with Crippen LogP contribution in [0.25, 0.3) is 0 Å². The Morgan fingerprint density at radius 3 is 2.53 bits per heavy atom. The van der Waals surface area contributed by atoms with E-state index < -0.39 is 20.9 Å². The summed E-state index contributed by atoms with van der Waals surface area (Å²) in [5.74, 6) is -0.371. The van der Waals surface area contributed by atoms with Crippen LogP contribution in [0.4, 0.5) is 11.4 Å². The summed E-state index contributed by atoms with van der Waals surface area (Å²) in [4.78, 5) is 22.7. The Bertz CT molecular complexity index is 1280. The van der Waals surface area contributed by atoms with Gasteiger partial charge < -0.3 is 10.1 Å². The fourth-order valence-corrected chi connectivity index (χ4v) is 4.15. The van der Waals surface area contributed by atoms with Gasteiger partial charge in [-0.3, -0.25) is 19.6 Å². The van der Waals surface area contributed by atoms with Gasteiger partial charge in [0, 0.05) is 29.3 Å². The highest BCUT2D eigenvalue weighted by Gasteiger charge is 2.20. The number of benzene rings is 3. The molecule has 9 nitrogen and oxygen atoms in total. The van der Waals surface area contributed by atoms with Gasteiger partial charge in [0.05, 0.1) is 22.6 Å². The van der Waals surface area contributed by atoms with E-state index in [0.29, 0.717) is 5.02 Å². The Morgan fingerprint density at radius 1 is 1.09 bits per heavy atom. The average Bonchev–Trinajstić information content (AvgIpc) is 2.77. The maximum absolute atomic E-state index is 12.9. The zero-order chi connectivity index (χ0) is 23.3. The Balaban J connectivity index is 1.81. The van der Waals surface area contributed by atoms with Crippen molar-refractivity contribution in [3.05, 3.63) is 93.0 Å². The molecule has 0 aliphatic rings. The summed E-state index contributed by atoms with van der Waals surface area (Å²) in [6.07, 6.45) is 0. The summed E-state index contributed by atoms with van der Waals surface area (Å²) in [7, 11) is -2.86. The van der Waals surface area contributed by atoms with Crippen LogP contribution in [0.3, 0.4) is 0 Å². The molecule has 2 N–H and O–H groups in total. The molecule has 0 saturated carbocycles. The average molecular weight is 476 g/mol. The first-order valence-corrected chi connectivity index (χ1v) is 11.0. The fourth-order valence-electron chi connectivity index (χ4n) is 2.83. The van der Waals surface area contributed by atoms with E-state index in [0.717, 1.165) is 11.6 Å². The van der Waals surface area contributed by atoms with E-state index in [1.54, 1.807) is 24.3 Å². The highest BCUT2D eigenvalue weighted by Crippen LogP contribution is 2.31. The third-order valence-corrected chi connectivity index (χ3v) is 5.99. The van der Waals surface area contributed by atoms with Crippen LogP contribution in [-0.2, 0) is 16.6 Å². The molecule has 1 amide bonds. The van der Waals surface area contributed by atoms with Crippen LogP contribution in [0.5, 0.6) is 5.75 Å². The van der Waals surface area contributed by atoms with Gasteiger partial charge >= 0.3 is 0 Å². The number of hydrogen-bond acceptors (Lipinski definition) is 6. The number of methoxy groups -OCH3 is 1. The van der Waals surface area contributed by atoms with Crippen molar-refractivity contribution in [3.63, 3.8) is 0 Å². The van der Waals surface area contributed by atoms with E-state index in [1.807, 2.05) is 0 Å². The van der Waals surface area contributed by atoms with E-state index in [1.165, 1.54) is 43.5 Å². The molecule has 0 radical (unpaired) electrons. The second-order valence-electron chi connectivity index (χ2n) is 6.59. The molecule has 0 atom stereocenters. The number of halogens is 1. The third kappa shape index (κ3) is 5.54. The minimum Gasteiger partial charge on any atom is -0.495 e. The Kier molecular flexibility index (Phi) is 6.96. The van der Waals surface area contributed by atoms with Gasteiger partial charge in [0.25, 0.3) is 21.6 Å². The Morgan fingerprint density at radius 2 is 1.84 bits per heavy atom. The number of ether oxygens (including phenoxy) is 1. The van der Waals surface area contributed by atoms with E-state index in [-0.39, 0.29) is 34.1 Å². The van der Waals surface area contributed by atoms with Gasteiger partial charge in [-0.05, 0) is 42.0 Å². The number of hydrogen-bond donors (Lipinski definition) is 2. The molecule has 0 unspecified atom stereocenters. The highest BCUT2D eigenvalue weighted by molar-refractivity contribution is 7.92. The summed E-state index contributed by atoms with van der Waals surface area (Å²) < 4.78 is 33.1. The van der Waals surface area contributed by atoms with Crippen molar-refractivity contribution in [2.45, 2.75) is 11.4 Å². The lowest BCUT2D eigenvalue weighted by Crippen LogP contribution is -2.23. The predicted molar refractivity (Wildman–Crippen MR) is 120 cm³/mol. The quantitative estimate of drug-likeness (QED) is 0.374. The number of nitrogens with one attached hydrogen (secondary N) is 2. The topological polar surface area (TPSA) is 128 Å². The number of nitrogens with zero attached hydrogens (tertiary/aromatic N) is 1. The van der Waals surface area contributed by atoms with Crippen LogP contribution in [0.15, 0.2) is 71.6 Å². The number of sulfonamides is 1. The normalized spacial score (nSPS) is 10.9. The first-order valence-electron chi connectivity index (χ1n) is 9.17. The highest BCUT2D eigenvalue weighted by atomic mass is 35.5. The molecule has 3 aromatic carbocycles. The molecular formula is C21H18ClN3O6S. The molecule has 3 rings (SSSR count). The van der Waals surface area contributed by atoms with Crippen molar-refractivity contribution in [2.75, 3.05) is 11.8 Å². The second kappa shape index (κ2) is 9.67. The van der Waals surface area contributed by atoms with Crippen LogP contribution in [0.1, 0.15) is 15.9 Å². The number of carbonyl (C=O) groups is 1. The van der Waals surface area contributed by atoms with E-state index in [2.05, 4.69) is 10.0 Å². The minimum atomic E-state index is -4.17. The Hall–Kier alpha value is -3.63. The van der Waals surface area contributed by atoms with E-state index in [9.17, 15) is 23.3 Å². The monoisotopic (exact) mass is 475 g/mol. The van der Waals surface area contributed by atoms with Gasteiger partial charge in [0.1, 0.15) is 5.75 Å². The summed E-state index contributed by atoms with van der Waals surface area (Å²) in [5, 5.41) is 14.3. The molecule has 0 saturated heterocycles. The maximum Gasteiger partial charge on any atom is 0.271 e. The molecule has 0 bridgehead atoms. The standard InChI is InChI=1S/C21H18ClN3O6S/c1-31-20-9-8-17(25(27)28)12-19(20)24-32(29,30)18-7-3-5-15(11-18)21(26)23-13-14-4-2-6-16(22)10-14/h2-12,24H,13H2,1H3,(H,23,26). The zero-order valence-corrected chi connectivity index (χ0v) is 18.3. The molecule has 11 heteroatoms. The van der Waals surface area contributed by atoms with Crippen LogP contribution in [-0.4, -0.2) is 26.4 Å². The van der Waals surface area contributed by atoms with Crippen molar-refractivity contribution in [1.82, 2.24) is 5.32 Å². The van der Waals surface area contributed by atoms with Gasteiger partial charge in [-0.1, -0.05) is 29.8 Å². The van der Waals surface area contributed by atoms with Crippen LogP contribution in [0, 0.1) is 10.1 Å². The van der Waals surface area contributed by atoms with Gasteiger partial charge in [0.15, 0.2) is 0 Å². The summed E-state index contributed by atoms with van der Waals surface area (Å²) >= 11 is 5.93. The van der Waals surface area contributed by atoms with Gasteiger partial charge in [-0.25, -0.2) is 8.42 Å². The SMILES string of the molecule is COc1ccc([N+](=O)[O-])cc1NS(=O)(=O)c1cccc(C(=O)NCc2cccc(Cl)c2)c1. The number of anilines is 1. The second-order valence-corrected chi connectivity index (χ2v) is 8.71. The molecule has 3 aromatic rings. The minimum absolute atomic E-state index is 0.0995. The molecule has 0 aliphatic carbocycles.